The van der Waals surface area contributed by atoms with Crippen molar-refractivity contribution in [3.63, 3.8) is 0 Å². The van der Waals surface area contributed by atoms with Crippen molar-refractivity contribution in [3.05, 3.63) is 34.9 Å². The number of hydrogen-bond acceptors (Lipinski definition) is 2. The van der Waals surface area contributed by atoms with Crippen molar-refractivity contribution in [3.8, 4) is 5.75 Å². The Balaban J connectivity index is 2.45. The van der Waals surface area contributed by atoms with Gasteiger partial charge in [-0.1, -0.05) is 25.5 Å². The molecule has 0 aliphatic carbocycles. The summed E-state index contributed by atoms with van der Waals surface area (Å²) in [6.45, 7) is 1.96. The second-order valence-electron chi connectivity index (χ2n) is 4.57. The van der Waals surface area contributed by atoms with E-state index in [1.807, 2.05) is 6.92 Å². The largest absolute Gasteiger partial charge is 0.478 e. The number of benzene rings is 1. The summed E-state index contributed by atoms with van der Waals surface area (Å²) in [5.41, 5.74) is 0.412. The first kappa shape index (κ1) is 14.4. The van der Waals surface area contributed by atoms with Crippen LogP contribution in [0, 0.1) is 0 Å². The van der Waals surface area contributed by atoms with Crippen LogP contribution in [0.15, 0.2) is 23.8 Å². The molecule has 20 heavy (non-hydrogen) atoms. The molecule has 2 rings (SSSR count). The number of carboxylic acid groups (broad SMARTS) is 1. The minimum atomic E-state index is -4.76. The highest BCUT2D eigenvalue weighted by molar-refractivity contribution is 5.95. The Bertz CT molecular complexity index is 561. The molecule has 0 fully saturated rings. The molecule has 0 spiro atoms. The van der Waals surface area contributed by atoms with E-state index in [1.54, 1.807) is 12.1 Å². The molecule has 1 aliphatic rings. The van der Waals surface area contributed by atoms with Crippen LogP contribution in [-0.2, 0) is 11.2 Å². The van der Waals surface area contributed by atoms with Crippen LogP contribution in [0.3, 0.4) is 0 Å². The van der Waals surface area contributed by atoms with E-state index in [-0.39, 0.29) is 5.75 Å². The van der Waals surface area contributed by atoms with Crippen molar-refractivity contribution in [2.75, 3.05) is 0 Å². The Morgan fingerprint density at radius 3 is 2.65 bits per heavy atom. The quantitative estimate of drug-likeness (QED) is 0.926. The number of halogens is 3. The van der Waals surface area contributed by atoms with E-state index in [0.717, 1.165) is 24.5 Å². The topological polar surface area (TPSA) is 46.5 Å². The van der Waals surface area contributed by atoms with E-state index in [4.69, 9.17) is 9.84 Å². The molecular formula is C14H13F3O3. The number of ether oxygens (including phenoxy) is 1. The van der Waals surface area contributed by atoms with E-state index >= 15 is 0 Å². The summed E-state index contributed by atoms with van der Waals surface area (Å²) < 4.78 is 43.5. The van der Waals surface area contributed by atoms with Gasteiger partial charge in [0.05, 0.1) is 5.57 Å². The maximum absolute atomic E-state index is 12.9. The molecule has 3 nitrogen and oxygen atoms in total. The Labute approximate surface area is 113 Å². The normalized spacial score (nSPS) is 18.0. The van der Waals surface area contributed by atoms with Crippen molar-refractivity contribution in [2.24, 2.45) is 0 Å². The molecule has 0 saturated carbocycles. The van der Waals surface area contributed by atoms with Gasteiger partial charge in [0.2, 0.25) is 6.10 Å². The molecule has 1 atom stereocenters. The van der Waals surface area contributed by atoms with Crippen LogP contribution < -0.4 is 4.74 Å². The van der Waals surface area contributed by atoms with Gasteiger partial charge in [0.15, 0.2) is 0 Å². The van der Waals surface area contributed by atoms with Gasteiger partial charge in [-0.3, -0.25) is 0 Å². The third-order valence-corrected chi connectivity index (χ3v) is 3.00. The van der Waals surface area contributed by atoms with Crippen molar-refractivity contribution in [1.82, 2.24) is 0 Å². The minimum Gasteiger partial charge on any atom is -0.478 e. The zero-order valence-electron chi connectivity index (χ0n) is 10.7. The van der Waals surface area contributed by atoms with Crippen molar-refractivity contribution < 1.29 is 27.8 Å². The summed E-state index contributed by atoms with van der Waals surface area (Å²) in [5, 5.41) is 8.89. The highest BCUT2D eigenvalue weighted by atomic mass is 19.4. The summed E-state index contributed by atoms with van der Waals surface area (Å²) in [4.78, 5) is 10.9. The van der Waals surface area contributed by atoms with Crippen LogP contribution in [0.4, 0.5) is 13.2 Å². The van der Waals surface area contributed by atoms with Crippen molar-refractivity contribution in [1.29, 1.82) is 0 Å². The van der Waals surface area contributed by atoms with E-state index in [9.17, 15) is 18.0 Å². The zero-order valence-corrected chi connectivity index (χ0v) is 10.7. The summed E-state index contributed by atoms with van der Waals surface area (Å²) in [7, 11) is 0. The average molecular weight is 286 g/mol. The predicted octanol–water partition coefficient (Wildman–Crippen LogP) is 3.43. The van der Waals surface area contributed by atoms with Crippen LogP contribution in [0.2, 0.25) is 0 Å². The highest BCUT2D eigenvalue weighted by Crippen LogP contribution is 2.37. The number of fused-ring (bicyclic) bond motifs is 1. The monoisotopic (exact) mass is 286 g/mol. The fourth-order valence-electron chi connectivity index (χ4n) is 2.09. The van der Waals surface area contributed by atoms with Gasteiger partial charge >= 0.3 is 12.1 Å². The summed E-state index contributed by atoms with van der Waals surface area (Å²) in [5.74, 6) is -1.56. The molecule has 6 heteroatoms. The first-order chi connectivity index (χ1) is 9.32. The zero-order chi connectivity index (χ0) is 14.9. The third kappa shape index (κ3) is 2.79. The fraction of sp³-hybridized carbons (Fsp3) is 0.357. The SMILES string of the molecule is CCCc1ccc2c(c1)OC(C(F)(F)F)C(C(=O)O)=C2. The Morgan fingerprint density at radius 2 is 2.10 bits per heavy atom. The second-order valence-corrected chi connectivity index (χ2v) is 4.57. The van der Waals surface area contributed by atoms with Gasteiger partial charge in [0, 0.05) is 5.56 Å². The smallest absolute Gasteiger partial charge is 0.430 e. The molecule has 1 heterocycles. The Kier molecular flexibility index (Phi) is 3.74. The second kappa shape index (κ2) is 5.19. The Hall–Kier alpha value is -1.98. The standard InChI is InChI=1S/C14H13F3O3/c1-2-3-8-4-5-9-7-10(13(18)19)12(14(15,16)17)20-11(9)6-8/h4-7,12H,2-3H2,1H3,(H,18,19). The lowest BCUT2D eigenvalue weighted by atomic mass is 9.99. The summed E-state index contributed by atoms with van der Waals surface area (Å²) in [6.07, 6.45) is -4.58. The number of hydrogen-bond donors (Lipinski definition) is 1. The van der Waals surface area contributed by atoms with E-state index in [1.165, 1.54) is 6.07 Å². The molecule has 1 N–H and O–H groups in total. The first-order valence-corrected chi connectivity index (χ1v) is 6.14. The van der Waals surface area contributed by atoms with Crippen LogP contribution >= 0.6 is 0 Å². The third-order valence-electron chi connectivity index (χ3n) is 3.00. The van der Waals surface area contributed by atoms with Gasteiger partial charge in [0.25, 0.3) is 0 Å². The maximum atomic E-state index is 12.9. The fourth-order valence-corrected chi connectivity index (χ4v) is 2.09. The molecule has 0 bridgehead atoms. The first-order valence-electron chi connectivity index (χ1n) is 6.14. The van der Waals surface area contributed by atoms with Crippen LogP contribution in [0.5, 0.6) is 5.75 Å². The molecule has 0 saturated heterocycles. The lowest BCUT2D eigenvalue weighted by molar-refractivity contribution is -0.187. The molecule has 0 radical (unpaired) electrons. The molecule has 0 amide bonds. The molecule has 1 unspecified atom stereocenters. The van der Waals surface area contributed by atoms with Crippen LogP contribution in [0.1, 0.15) is 24.5 Å². The number of carboxylic acids is 1. The van der Waals surface area contributed by atoms with Crippen LogP contribution in [0.25, 0.3) is 6.08 Å². The molecule has 1 aliphatic heterocycles. The van der Waals surface area contributed by atoms with E-state index in [0.29, 0.717) is 5.56 Å². The molecule has 1 aromatic carbocycles. The van der Waals surface area contributed by atoms with Gasteiger partial charge in [-0.25, -0.2) is 4.79 Å². The predicted molar refractivity (Wildman–Crippen MR) is 66.5 cm³/mol. The van der Waals surface area contributed by atoms with Crippen molar-refractivity contribution in [2.45, 2.75) is 32.0 Å². The number of alkyl halides is 3. The van der Waals surface area contributed by atoms with Crippen molar-refractivity contribution >= 4 is 12.0 Å². The lowest BCUT2D eigenvalue weighted by Gasteiger charge is -2.27. The van der Waals surface area contributed by atoms with Crippen LogP contribution in [-0.4, -0.2) is 23.4 Å². The molecule has 1 aromatic rings. The number of aliphatic carboxylic acids is 1. The number of aryl methyl sites for hydroxylation is 1. The maximum Gasteiger partial charge on any atom is 0.430 e. The summed E-state index contributed by atoms with van der Waals surface area (Å²) >= 11 is 0. The molecular weight excluding hydrogens is 273 g/mol. The van der Waals surface area contributed by atoms with Gasteiger partial charge in [-0.15, -0.1) is 0 Å². The number of carbonyl (C=O) groups is 1. The Morgan fingerprint density at radius 1 is 1.40 bits per heavy atom. The lowest BCUT2D eigenvalue weighted by Crippen LogP contribution is -2.40. The highest BCUT2D eigenvalue weighted by Gasteiger charge is 2.48. The summed E-state index contributed by atoms with van der Waals surface area (Å²) in [6, 6.07) is 4.87. The van der Waals surface area contributed by atoms with Gasteiger partial charge in [-0.2, -0.15) is 13.2 Å². The minimum absolute atomic E-state index is 0.0725. The van der Waals surface area contributed by atoms with Gasteiger partial charge < -0.3 is 9.84 Å². The molecule has 0 aromatic heterocycles. The van der Waals surface area contributed by atoms with Gasteiger partial charge in [0.1, 0.15) is 5.75 Å². The average Bonchev–Trinajstić information content (AvgIpc) is 2.36. The number of rotatable bonds is 3. The van der Waals surface area contributed by atoms with Gasteiger partial charge in [-0.05, 0) is 24.1 Å². The van der Waals surface area contributed by atoms with E-state index in [2.05, 4.69) is 0 Å². The van der Waals surface area contributed by atoms with E-state index < -0.39 is 23.8 Å². The molecule has 108 valence electrons.